The molecular weight excluding hydrogens is 254 g/mol. The molecule has 0 aromatic heterocycles. The molecule has 6 heteroatoms. The van der Waals surface area contributed by atoms with Gasteiger partial charge in [-0.2, -0.15) is 0 Å². The van der Waals surface area contributed by atoms with Crippen molar-refractivity contribution in [2.75, 3.05) is 14.2 Å². The van der Waals surface area contributed by atoms with Crippen molar-refractivity contribution >= 4 is 29.0 Å². The standard InChI is InChI=1S/C12H11NO4S/c1-16-8-3-7(4-9(6-8)17-2)5-10-11(14)13-12(15)18-10/h3-6H,1-2H3,(H,13,14,15). The highest BCUT2D eigenvalue weighted by Crippen LogP contribution is 2.29. The molecule has 2 rings (SSSR count). The van der Waals surface area contributed by atoms with Crippen LogP contribution in [0.15, 0.2) is 23.1 Å². The maximum Gasteiger partial charge on any atom is 0.290 e. The van der Waals surface area contributed by atoms with Crippen LogP contribution in [-0.4, -0.2) is 25.4 Å². The summed E-state index contributed by atoms with van der Waals surface area (Å²) in [7, 11) is 3.10. The zero-order chi connectivity index (χ0) is 13.1. The number of carbonyl (C=O) groups is 2. The average Bonchev–Trinajstić information content (AvgIpc) is 2.67. The molecule has 0 unspecified atom stereocenters. The number of amides is 2. The molecule has 0 radical (unpaired) electrons. The number of methoxy groups -OCH3 is 2. The van der Waals surface area contributed by atoms with Gasteiger partial charge in [-0.15, -0.1) is 0 Å². The van der Waals surface area contributed by atoms with Crippen molar-refractivity contribution in [3.05, 3.63) is 28.7 Å². The van der Waals surface area contributed by atoms with Gasteiger partial charge in [0.2, 0.25) is 0 Å². The number of ether oxygens (including phenoxy) is 2. The van der Waals surface area contributed by atoms with Crippen LogP contribution in [0, 0.1) is 0 Å². The number of hydrogen-bond acceptors (Lipinski definition) is 5. The van der Waals surface area contributed by atoms with E-state index in [2.05, 4.69) is 5.32 Å². The number of rotatable bonds is 3. The van der Waals surface area contributed by atoms with Crippen molar-refractivity contribution in [3.63, 3.8) is 0 Å². The molecule has 0 aliphatic carbocycles. The van der Waals surface area contributed by atoms with Crippen molar-refractivity contribution < 1.29 is 19.1 Å². The second-order valence-electron chi connectivity index (χ2n) is 3.50. The summed E-state index contributed by atoms with van der Waals surface area (Å²) in [5, 5.41) is 1.84. The fourth-order valence-electron chi connectivity index (χ4n) is 1.49. The van der Waals surface area contributed by atoms with Crippen molar-refractivity contribution in [2.45, 2.75) is 0 Å². The monoisotopic (exact) mass is 265 g/mol. The summed E-state index contributed by atoms with van der Waals surface area (Å²) >= 11 is 0.875. The molecule has 0 spiro atoms. The van der Waals surface area contributed by atoms with E-state index in [4.69, 9.17) is 9.47 Å². The first-order chi connectivity index (χ1) is 8.62. The molecule has 18 heavy (non-hydrogen) atoms. The van der Waals surface area contributed by atoms with Crippen LogP contribution in [0.4, 0.5) is 4.79 Å². The third-order valence-electron chi connectivity index (χ3n) is 2.31. The Kier molecular flexibility index (Phi) is 3.57. The van der Waals surface area contributed by atoms with E-state index in [1.165, 1.54) is 0 Å². The van der Waals surface area contributed by atoms with E-state index in [0.29, 0.717) is 16.4 Å². The van der Waals surface area contributed by atoms with Gasteiger partial charge in [-0.25, -0.2) is 0 Å². The van der Waals surface area contributed by atoms with Crippen LogP contribution in [0.25, 0.3) is 6.08 Å². The first kappa shape index (κ1) is 12.5. The number of benzene rings is 1. The van der Waals surface area contributed by atoms with E-state index in [0.717, 1.165) is 17.3 Å². The maximum atomic E-state index is 11.4. The zero-order valence-electron chi connectivity index (χ0n) is 9.85. The molecule has 1 N–H and O–H groups in total. The summed E-state index contributed by atoms with van der Waals surface area (Å²) in [5.41, 5.74) is 0.735. The molecular formula is C12H11NO4S. The zero-order valence-corrected chi connectivity index (χ0v) is 10.7. The Morgan fingerprint density at radius 1 is 1.11 bits per heavy atom. The van der Waals surface area contributed by atoms with E-state index in [9.17, 15) is 9.59 Å². The van der Waals surface area contributed by atoms with Crippen molar-refractivity contribution in [3.8, 4) is 11.5 Å². The topological polar surface area (TPSA) is 64.6 Å². The Labute approximate surface area is 108 Å². The molecule has 0 bridgehead atoms. The highest BCUT2D eigenvalue weighted by Gasteiger charge is 2.24. The average molecular weight is 265 g/mol. The second kappa shape index (κ2) is 5.14. The molecule has 0 saturated carbocycles. The molecule has 0 atom stereocenters. The van der Waals surface area contributed by atoms with Crippen LogP contribution in [0.5, 0.6) is 11.5 Å². The van der Waals surface area contributed by atoms with Crippen LogP contribution in [-0.2, 0) is 4.79 Å². The van der Waals surface area contributed by atoms with Gasteiger partial charge in [0.25, 0.3) is 11.1 Å². The minimum absolute atomic E-state index is 0.357. The minimum atomic E-state index is -0.383. The molecule has 1 aliphatic rings. The van der Waals surface area contributed by atoms with Gasteiger partial charge in [0.05, 0.1) is 19.1 Å². The highest BCUT2D eigenvalue weighted by atomic mass is 32.2. The molecule has 94 valence electrons. The van der Waals surface area contributed by atoms with Gasteiger partial charge in [0, 0.05) is 6.07 Å². The van der Waals surface area contributed by atoms with Gasteiger partial charge in [0.15, 0.2) is 0 Å². The Morgan fingerprint density at radius 2 is 1.72 bits per heavy atom. The fraction of sp³-hybridized carbons (Fsp3) is 0.167. The van der Waals surface area contributed by atoms with Gasteiger partial charge >= 0.3 is 0 Å². The summed E-state index contributed by atoms with van der Waals surface area (Å²) in [5.74, 6) is 0.860. The van der Waals surface area contributed by atoms with Crippen LogP contribution in [0.2, 0.25) is 0 Å². The van der Waals surface area contributed by atoms with Gasteiger partial charge in [-0.3, -0.25) is 14.9 Å². The Balaban J connectivity index is 2.36. The predicted molar refractivity (Wildman–Crippen MR) is 68.7 cm³/mol. The molecule has 5 nitrogen and oxygen atoms in total. The Morgan fingerprint density at radius 3 is 2.17 bits per heavy atom. The number of carbonyl (C=O) groups excluding carboxylic acids is 2. The van der Waals surface area contributed by atoms with Crippen molar-refractivity contribution in [1.29, 1.82) is 0 Å². The first-order valence-corrected chi connectivity index (χ1v) is 5.92. The van der Waals surface area contributed by atoms with Gasteiger partial charge in [-0.05, 0) is 35.5 Å². The molecule has 1 heterocycles. The largest absolute Gasteiger partial charge is 0.497 e. The molecule has 1 fully saturated rings. The number of nitrogens with one attached hydrogen (secondary N) is 1. The van der Waals surface area contributed by atoms with Crippen LogP contribution < -0.4 is 14.8 Å². The van der Waals surface area contributed by atoms with Crippen LogP contribution >= 0.6 is 11.8 Å². The SMILES string of the molecule is COc1cc(C=C2SC(=O)NC2=O)cc(OC)c1. The summed E-state index contributed by atoms with van der Waals surface area (Å²) in [6, 6.07) is 5.24. The van der Waals surface area contributed by atoms with E-state index >= 15 is 0 Å². The molecule has 1 aromatic rings. The summed E-state index contributed by atoms with van der Waals surface area (Å²) in [4.78, 5) is 22.8. The summed E-state index contributed by atoms with van der Waals surface area (Å²) in [6.45, 7) is 0. The van der Waals surface area contributed by atoms with Gasteiger partial charge < -0.3 is 9.47 Å². The highest BCUT2D eigenvalue weighted by molar-refractivity contribution is 8.18. The lowest BCUT2D eigenvalue weighted by Crippen LogP contribution is -2.17. The summed E-state index contributed by atoms with van der Waals surface area (Å²) < 4.78 is 10.3. The number of imide groups is 1. The molecule has 1 saturated heterocycles. The third-order valence-corrected chi connectivity index (χ3v) is 3.12. The van der Waals surface area contributed by atoms with Gasteiger partial charge in [-0.1, -0.05) is 0 Å². The van der Waals surface area contributed by atoms with E-state index in [1.807, 2.05) is 0 Å². The first-order valence-electron chi connectivity index (χ1n) is 5.10. The van der Waals surface area contributed by atoms with Crippen LogP contribution in [0.1, 0.15) is 5.56 Å². The summed E-state index contributed by atoms with van der Waals surface area (Å²) in [6.07, 6.45) is 1.62. The predicted octanol–water partition coefficient (Wildman–Crippen LogP) is 2.03. The smallest absolute Gasteiger partial charge is 0.290 e. The molecule has 1 aromatic carbocycles. The number of thioether (sulfide) groups is 1. The Hall–Kier alpha value is -1.95. The molecule has 2 amide bonds. The van der Waals surface area contributed by atoms with Gasteiger partial charge in [0.1, 0.15) is 11.5 Å². The Bertz CT molecular complexity index is 517. The fourth-order valence-corrected chi connectivity index (χ4v) is 2.17. The van der Waals surface area contributed by atoms with E-state index in [-0.39, 0.29) is 11.1 Å². The minimum Gasteiger partial charge on any atom is -0.497 e. The third kappa shape index (κ3) is 2.65. The van der Waals surface area contributed by atoms with Crippen molar-refractivity contribution in [2.24, 2.45) is 0 Å². The lowest BCUT2D eigenvalue weighted by molar-refractivity contribution is -0.115. The maximum absolute atomic E-state index is 11.4. The quantitative estimate of drug-likeness (QED) is 0.847. The second-order valence-corrected chi connectivity index (χ2v) is 4.51. The van der Waals surface area contributed by atoms with Crippen LogP contribution in [0.3, 0.4) is 0 Å². The number of hydrogen-bond donors (Lipinski definition) is 1. The van der Waals surface area contributed by atoms with E-state index < -0.39 is 0 Å². The normalized spacial score (nSPS) is 16.9. The lowest BCUT2D eigenvalue weighted by atomic mass is 10.2. The van der Waals surface area contributed by atoms with E-state index in [1.54, 1.807) is 38.5 Å². The molecule has 1 aliphatic heterocycles. The van der Waals surface area contributed by atoms with Crippen molar-refractivity contribution in [1.82, 2.24) is 5.32 Å². The lowest BCUT2D eigenvalue weighted by Gasteiger charge is -2.06.